The summed E-state index contributed by atoms with van der Waals surface area (Å²) in [7, 11) is 0. The van der Waals surface area contributed by atoms with Crippen molar-refractivity contribution in [3.05, 3.63) is 0 Å². The van der Waals surface area contributed by atoms with Crippen molar-refractivity contribution in [3.8, 4) is 0 Å². The average molecular weight is 253 g/mol. The molecular weight excluding hydrogens is 226 g/mol. The van der Waals surface area contributed by atoms with Gasteiger partial charge in [-0.3, -0.25) is 0 Å². The molecule has 1 atom stereocenters. The number of hydrogen-bond donors (Lipinski definition) is 1. The summed E-state index contributed by atoms with van der Waals surface area (Å²) in [5, 5.41) is 0. The first-order valence-electron chi connectivity index (χ1n) is 7.49. The van der Waals surface area contributed by atoms with Crippen LogP contribution in [0.2, 0.25) is 0 Å². The van der Waals surface area contributed by atoms with Gasteiger partial charge in [0.25, 0.3) is 0 Å². The zero-order valence-corrected chi connectivity index (χ0v) is 11.6. The highest BCUT2D eigenvalue weighted by molar-refractivity contribution is 5.78. The lowest BCUT2D eigenvalue weighted by molar-refractivity contribution is 0.0582. The van der Waals surface area contributed by atoms with E-state index in [0.29, 0.717) is 12.1 Å². The van der Waals surface area contributed by atoms with Crippen molar-refractivity contribution in [2.45, 2.75) is 64.0 Å². The molecule has 4 heteroatoms. The van der Waals surface area contributed by atoms with Crippen LogP contribution in [0.5, 0.6) is 0 Å². The quantitative estimate of drug-likeness (QED) is 0.606. The maximum absolute atomic E-state index is 6.19. The average Bonchev–Trinajstić information content (AvgIpc) is 2.65. The van der Waals surface area contributed by atoms with Crippen LogP contribution in [0.3, 0.4) is 0 Å². The van der Waals surface area contributed by atoms with Gasteiger partial charge in [-0.1, -0.05) is 26.2 Å². The fourth-order valence-corrected chi connectivity index (χ4v) is 2.83. The van der Waals surface area contributed by atoms with Crippen molar-refractivity contribution in [1.82, 2.24) is 4.90 Å². The van der Waals surface area contributed by atoms with Crippen LogP contribution in [0, 0.1) is 0 Å². The third-order valence-electron chi connectivity index (χ3n) is 4.02. The van der Waals surface area contributed by atoms with E-state index in [0.717, 1.165) is 38.5 Å². The highest BCUT2D eigenvalue weighted by Gasteiger charge is 2.20. The van der Waals surface area contributed by atoms with Crippen LogP contribution in [0.4, 0.5) is 0 Å². The molecule has 1 saturated heterocycles. The van der Waals surface area contributed by atoms with Gasteiger partial charge < -0.3 is 15.4 Å². The monoisotopic (exact) mass is 253 g/mol. The Bertz CT molecular complexity index is 274. The molecule has 4 nitrogen and oxygen atoms in total. The van der Waals surface area contributed by atoms with E-state index in [-0.39, 0.29) is 0 Å². The number of aliphatic imine (C=N–C) groups is 1. The molecule has 1 unspecified atom stereocenters. The van der Waals surface area contributed by atoms with E-state index in [1.54, 1.807) is 0 Å². The molecule has 1 aliphatic heterocycles. The van der Waals surface area contributed by atoms with Gasteiger partial charge in [-0.25, -0.2) is 4.99 Å². The molecule has 0 amide bonds. The SMILES string of the molecule is CCC1CN(C(N)=NC2CCCCC2)CCCO1. The topological polar surface area (TPSA) is 50.8 Å². The van der Waals surface area contributed by atoms with Crippen molar-refractivity contribution in [2.75, 3.05) is 19.7 Å². The minimum atomic E-state index is 0.313. The summed E-state index contributed by atoms with van der Waals surface area (Å²) in [5.41, 5.74) is 6.19. The summed E-state index contributed by atoms with van der Waals surface area (Å²) in [5.74, 6) is 0.742. The highest BCUT2D eigenvalue weighted by Crippen LogP contribution is 2.20. The van der Waals surface area contributed by atoms with Crippen LogP contribution < -0.4 is 5.73 Å². The van der Waals surface area contributed by atoms with Crippen LogP contribution in [-0.2, 0) is 4.74 Å². The summed E-state index contributed by atoms with van der Waals surface area (Å²) in [6.07, 6.45) is 8.81. The summed E-state index contributed by atoms with van der Waals surface area (Å²) >= 11 is 0. The number of ether oxygens (including phenoxy) is 1. The van der Waals surface area contributed by atoms with Crippen molar-refractivity contribution < 1.29 is 4.74 Å². The number of rotatable bonds is 2. The van der Waals surface area contributed by atoms with Gasteiger partial charge in [0.2, 0.25) is 0 Å². The maximum Gasteiger partial charge on any atom is 0.191 e. The van der Waals surface area contributed by atoms with E-state index in [1.165, 1.54) is 32.1 Å². The van der Waals surface area contributed by atoms with E-state index < -0.39 is 0 Å². The number of nitrogens with zero attached hydrogens (tertiary/aromatic N) is 2. The Labute approximate surface area is 111 Å². The Balaban J connectivity index is 1.92. The molecule has 0 radical (unpaired) electrons. The van der Waals surface area contributed by atoms with E-state index in [2.05, 4.69) is 11.8 Å². The summed E-state index contributed by atoms with van der Waals surface area (Å²) in [6.45, 7) is 4.91. The molecule has 0 bridgehead atoms. The van der Waals surface area contributed by atoms with Gasteiger partial charge in [0.15, 0.2) is 5.96 Å². The van der Waals surface area contributed by atoms with Crippen LogP contribution >= 0.6 is 0 Å². The first kappa shape index (κ1) is 13.7. The third kappa shape index (κ3) is 3.87. The molecule has 2 N–H and O–H groups in total. The van der Waals surface area contributed by atoms with Gasteiger partial charge in [-0.15, -0.1) is 0 Å². The smallest absolute Gasteiger partial charge is 0.191 e. The van der Waals surface area contributed by atoms with E-state index in [1.807, 2.05) is 0 Å². The normalized spacial score (nSPS) is 28.2. The lowest BCUT2D eigenvalue weighted by Gasteiger charge is -2.26. The van der Waals surface area contributed by atoms with Gasteiger partial charge in [-0.2, -0.15) is 0 Å². The zero-order chi connectivity index (χ0) is 12.8. The van der Waals surface area contributed by atoms with Crippen LogP contribution in [0.25, 0.3) is 0 Å². The maximum atomic E-state index is 6.19. The third-order valence-corrected chi connectivity index (χ3v) is 4.02. The molecule has 0 aromatic heterocycles. The second-order valence-electron chi connectivity index (χ2n) is 5.48. The standard InChI is InChI=1S/C14H27N3O/c1-2-13-11-17(9-6-10-18-13)14(15)16-12-7-4-3-5-8-12/h12-13H,2-11H2,1H3,(H2,15,16). The first-order chi connectivity index (χ1) is 8.79. The molecule has 1 heterocycles. The molecule has 18 heavy (non-hydrogen) atoms. The predicted molar refractivity (Wildman–Crippen MR) is 74.7 cm³/mol. The molecule has 0 aromatic carbocycles. The van der Waals surface area contributed by atoms with E-state index in [9.17, 15) is 0 Å². The summed E-state index contributed by atoms with van der Waals surface area (Å²) < 4.78 is 5.77. The van der Waals surface area contributed by atoms with Crippen molar-refractivity contribution in [3.63, 3.8) is 0 Å². The van der Waals surface area contributed by atoms with E-state index >= 15 is 0 Å². The van der Waals surface area contributed by atoms with Crippen LogP contribution in [0.1, 0.15) is 51.9 Å². The van der Waals surface area contributed by atoms with Crippen molar-refractivity contribution in [1.29, 1.82) is 0 Å². The Morgan fingerprint density at radius 3 is 2.78 bits per heavy atom. The molecule has 2 fully saturated rings. The van der Waals surface area contributed by atoms with Gasteiger partial charge >= 0.3 is 0 Å². The minimum absolute atomic E-state index is 0.313. The lowest BCUT2D eigenvalue weighted by Crippen LogP contribution is -2.42. The summed E-state index contributed by atoms with van der Waals surface area (Å²) in [6, 6.07) is 0.461. The summed E-state index contributed by atoms with van der Waals surface area (Å²) in [4.78, 5) is 6.95. The van der Waals surface area contributed by atoms with Crippen molar-refractivity contribution >= 4 is 5.96 Å². The number of guanidine groups is 1. The van der Waals surface area contributed by atoms with Gasteiger partial charge in [0.05, 0.1) is 12.1 Å². The molecule has 0 spiro atoms. The fourth-order valence-electron chi connectivity index (χ4n) is 2.83. The number of hydrogen-bond acceptors (Lipinski definition) is 2. The molecule has 1 aliphatic carbocycles. The molecule has 0 aromatic rings. The van der Waals surface area contributed by atoms with E-state index in [4.69, 9.17) is 15.5 Å². The van der Waals surface area contributed by atoms with Gasteiger partial charge in [-0.05, 0) is 25.7 Å². The molecule has 104 valence electrons. The zero-order valence-electron chi connectivity index (χ0n) is 11.6. The first-order valence-corrected chi connectivity index (χ1v) is 7.49. The number of nitrogens with two attached hydrogens (primary N) is 1. The van der Waals surface area contributed by atoms with Gasteiger partial charge in [0.1, 0.15) is 0 Å². The Hall–Kier alpha value is -0.770. The highest BCUT2D eigenvalue weighted by atomic mass is 16.5. The fraction of sp³-hybridized carbons (Fsp3) is 0.929. The second kappa shape index (κ2) is 6.98. The Morgan fingerprint density at radius 2 is 2.06 bits per heavy atom. The second-order valence-corrected chi connectivity index (χ2v) is 5.48. The molecular formula is C14H27N3O. The molecule has 1 saturated carbocycles. The Kier molecular flexibility index (Phi) is 5.29. The van der Waals surface area contributed by atoms with Crippen LogP contribution in [0.15, 0.2) is 4.99 Å². The van der Waals surface area contributed by atoms with Crippen molar-refractivity contribution in [2.24, 2.45) is 10.7 Å². The Morgan fingerprint density at radius 1 is 1.28 bits per heavy atom. The van der Waals surface area contributed by atoms with Crippen LogP contribution in [-0.4, -0.2) is 42.7 Å². The molecule has 2 rings (SSSR count). The largest absolute Gasteiger partial charge is 0.376 e. The minimum Gasteiger partial charge on any atom is -0.376 e. The lowest BCUT2D eigenvalue weighted by atomic mass is 9.96. The van der Waals surface area contributed by atoms with Gasteiger partial charge in [0, 0.05) is 19.7 Å². The molecule has 2 aliphatic rings. The predicted octanol–water partition coefficient (Wildman–Crippen LogP) is 2.13.